The maximum Gasteiger partial charge on any atom is 0.306 e. The average Bonchev–Trinajstić information content (AvgIpc) is 3.12. The number of carbonyl (C=O) groups is 3. The van der Waals surface area contributed by atoms with Crippen LogP contribution in [0.4, 0.5) is 5.69 Å². The molecule has 1 aliphatic heterocycles. The topological polar surface area (TPSA) is 83.9 Å². The molecule has 6 heteroatoms. The van der Waals surface area contributed by atoms with Gasteiger partial charge in [-0.25, -0.2) is 4.90 Å². The lowest BCUT2D eigenvalue weighted by Crippen LogP contribution is -2.29. The number of carbonyl (C=O) groups excluding carboxylic acids is 2. The average molecular weight is 472 g/mol. The Labute approximate surface area is 205 Å². The number of fused-ring (bicyclic) bond motifs is 1. The van der Waals surface area contributed by atoms with Crippen LogP contribution < -0.4 is 9.64 Å². The number of benzene rings is 3. The zero-order chi connectivity index (χ0) is 24.9. The van der Waals surface area contributed by atoms with Crippen LogP contribution in [0.5, 0.6) is 5.75 Å². The van der Waals surface area contributed by atoms with E-state index in [1.165, 1.54) is 4.90 Å². The van der Waals surface area contributed by atoms with E-state index in [1.54, 1.807) is 36.4 Å². The lowest BCUT2D eigenvalue weighted by molar-refractivity contribution is -0.141. The summed E-state index contributed by atoms with van der Waals surface area (Å²) in [6, 6.07) is 20.4. The van der Waals surface area contributed by atoms with Gasteiger partial charge in [0.2, 0.25) is 0 Å². The highest BCUT2D eigenvalue weighted by atomic mass is 16.5. The summed E-state index contributed by atoms with van der Waals surface area (Å²) in [6.07, 6.45) is 2.64. The van der Waals surface area contributed by atoms with E-state index < -0.39 is 5.97 Å². The molecule has 1 heterocycles. The first-order valence-electron chi connectivity index (χ1n) is 12.0. The summed E-state index contributed by atoms with van der Waals surface area (Å²) in [5, 5.41) is 9.28. The van der Waals surface area contributed by atoms with Crippen molar-refractivity contribution in [1.29, 1.82) is 0 Å². The molecular formula is C29H29NO5. The number of imide groups is 1. The van der Waals surface area contributed by atoms with E-state index in [2.05, 4.69) is 0 Å². The third-order valence-electron chi connectivity index (χ3n) is 6.43. The lowest BCUT2D eigenvalue weighted by atomic mass is 9.95. The van der Waals surface area contributed by atoms with Crippen LogP contribution in [0.2, 0.25) is 0 Å². The summed E-state index contributed by atoms with van der Waals surface area (Å²) in [5.74, 6) is -1.12. The Morgan fingerprint density at radius 3 is 2.09 bits per heavy atom. The van der Waals surface area contributed by atoms with Crippen LogP contribution in [0.3, 0.4) is 0 Å². The Bertz CT molecular complexity index is 1210. The molecule has 0 fully saturated rings. The van der Waals surface area contributed by atoms with Gasteiger partial charge in [0, 0.05) is 6.07 Å². The molecule has 6 nitrogen and oxygen atoms in total. The first-order chi connectivity index (χ1) is 16.9. The molecule has 1 N–H and O–H groups in total. The molecule has 0 radical (unpaired) electrons. The molecule has 4 rings (SSSR count). The fourth-order valence-corrected chi connectivity index (χ4v) is 4.41. The number of hydrogen-bond acceptors (Lipinski definition) is 4. The molecule has 35 heavy (non-hydrogen) atoms. The molecule has 0 saturated carbocycles. The van der Waals surface area contributed by atoms with Crippen molar-refractivity contribution in [1.82, 2.24) is 0 Å². The van der Waals surface area contributed by atoms with Crippen LogP contribution in [0, 0.1) is 5.92 Å². The zero-order valence-electron chi connectivity index (χ0n) is 20.0. The molecule has 2 amide bonds. The summed E-state index contributed by atoms with van der Waals surface area (Å²) in [6.45, 7) is 4.26. The molecule has 0 spiro atoms. The van der Waals surface area contributed by atoms with Gasteiger partial charge in [0.25, 0.3) is 11.8 Å². The number of carboxylic acid groups (broad SMARTS) is 1. The molecule has 3 aromatic rings. The third-order valence-corrected chi connectivity index (χ3v) is 6.43. The highest BCUT2D eigenvalue weighted by Crippen LogP contribution is 2.33. The number of amides is 2. The van der Waals surface area contributed by atoms with Gasteiger partial charge in [-0.3, -0.25) is 14.4 Å². The normalized spacial score (nSPS) is 13.6. The Morgan fingerprint density at radius 2 is 1.51 bits per heavy atom. The Hall–Kier alpha value is -3.93. The number of aliphatic carboxylic acids is 1. The number of ether oxygens (including phenoxy) is 1. The third kappa shape index (κ3) is 5.11. The van der Waals surface area contributed by atoms with Crippen LogP contribution >= 0.6 is 0 Å². The van der Waals surface area contributed by atoms with Crippen molar-refractivity contribution >= 4 is 23.5 Å². The molecule has 1 atom stereocenters. The van der Waals surface area contributed by atoms with Crippen LogP contribution in [-0.4, -0.2) is 29.5 Å². The van der Waals surface area contributed by atoms with Crippen LogP contribution in [0.25, 0.3) is 0 Å². The van der Waals surface area contributed by atoms with Crippen LogP contribution in [0.15, 0.2) is 66.7 Å². The number of nitrogens with zero attached hydrogens (tertiary/aromatic N) is 1. The zero-order valence-corrected chi connectivity index (χ0v) is 20.0. The van der Waals surface area contributed by atoms with Crippen molar-refractivity contribution in [2.45, 2.75) is 39.5 Å². The first-order valence-corrected chi connectivity index (χ1v) is 12.0. The van der Waals surface area contributed by atoms with Crippen molar-refractivity contribution in [3.8, 4) is 5.75 Å². The highest BCUT2D eigenvalue weighted by Gasteiger charge is 2.36. The molecule has 0 unspecified atom stereocenters. The molecule has 0 saturated heterocycles. The monoisotopic (exact) mass is 471 g/mol. The second-order valence-electron chi connectivity index (χ2n) is 8.68. The molecule has 0 aromatic heterocycles. The summed E-state index contributed by atoms with van der Waals surface area (Å²) in [5.41, 5.74) is 4.48. The standard InChI is InChI=1S/C29H29NO5/c1-3-21(29(33)34)17-20-11-9-19(10-12-20)13-14-22-15-16-23(18-26(22)35-4-2)30-27(31)24-7-5-6-8-25(24)28(30)32/h5-12,15-16,18,21H,3-4,13-14,17H2,1-2H3,(H,33,34)/t21-/m0/s1. The van der Waals surface area contributed by atoms with Gasteiger partial charge in [-0.05, 0) is 67.5 Å². The van der Waals surface area contributed by atoms with E-state index in [0.717, 1.165) is 29.5 Å². The predicted molar refractivity (Wildman–Crippen MR) is 134 cm³/mol. The molecular weight excluding hydrogens is 442 g/mol. The summed E-state index contributed by atoms with van der Waals surface area (Å²) < 4.78 is 5.87. The van der Waals surface area contributed by atoms with Crippen molar-refractivity contribution in [3.63, 3.8) is 0 Å². The SMILES string of the molecule is CCOc1cc(N2C(=O)c3ccccc3C2=O)ccc1CCc1ccc(C[C@H](CC)C(=O)O)cc1. The summed E-state index contributed by atoms with van der Waals surface area (Å²) >= 11 is 0. The number of carboxylic acids is 1. The minimum absolute atomic E-state index is 0.325. The quantitative estimate of drug-likeness (QED) is 0.404. The van der Waals surface area contributed by atoms with Crippen molar-refractivity contribution in [2.24, 2.45) is 5.92 Å². The predicted octanol–water partition coefficient (Wildman–Crippen LogP) is 5.32. The van der Waals surface area contributed by atoms with Crippen molar-refractivity contribution in [2.75, 3.05) is 11.5 Å². The van der Waals surface area contributed by atoms with E-state index in [4.69, 9.17) is 4.74 Å². The minimum Gasteiger partial charge on any atom is -0.494 e. The Kier molecular flexibility index (Phi) is 7.30. The van der Waals surface area contributed by atoms with E-state index in [-0.39, 0.29) is 17.7 Å². The van der Waals surface area contributed by atoms with Crippen LogP contribution in [0.1, 0.15) is 57.7 Å². The van der Waals surface area contributed by atoms with Gasteiger partial charge >= 0.3 is 5.97 Å². The van der Waals surface area contributed by atoms with Crippen molar-refractivity contribution < 1.29 is 24.2 Å². The molecule has 180 valence electrons. The lowest BCUT2D eigenvalue weighted by Gasteiger charge is -2.18. The maximum absolute atomic E-state index is 12.9. The highest BCUT2D eigenvalue weighted by molar-refractivity contribution is 6.34. The fraction of sp³-hybridized carbons (Fsp3) is 0.276. The van der Waals surface area contributed by atoms with Gasteiger partial charge in [0.05, 0.1) is 29.3 Å². The van der Waals surface area contributed by atoms with Gasteiger partial charge in [0.1, 0.15) is 5.75 Å². The molecule has 3 aromatic carbocycles. The second-order valence-corrected chi connectivity index (χ2v) is 8.68. The Balaban J connectivity index is 1.48. The Morgan fingerprint density at radius 1 is 0.886 bits per heavy atom. The van der Waals surface area contributed by atoms with Gasteiger partial charge in [-0.1, -0.05) is 49.4 Å². The molecule has 0 aliphatic carbocycles. The summed E-state index contributed by atoms with van der Waals surface area (Å²) in [7, 11) is 0. The smallest absolute Gasteiger partial charge is 0.306 e. The van der Waals surface area contributed by atoms with Gasteiger partial charge in [-0.15, -0.1) is 0 Å². The minimum atomic E-state index is -0.760. The second kappa shape index (κ2) is 10.6. The van der Waals surface area contributed by atoms with Gasteiger partial charge in [0.15, 0.2) is 0 Å². The number of anilines is 1. The number of aryl methyl sites for hydroxylation is 2. The van der Waals surface area contributed by atoms with Crippen molar-refractivity contribution in [3.05, 3.63) is 94.5 Å². The van der Waals surface area contributed by atoms with Crippen LogP contribution in [-0.2, 0) is 24.1 Å². The van der Waals surface area contributed by atoms with E-state index in [9.17, 15) is 19.5 Å². The first kappa shape index (κ1) is 24.2. The number of hydrogen-bond donors (Lipinski definition) is 1. The van der Waals surface area contributed by atoms with E-state index in [1.807, 2.05) is 44.2 Å². The van der Waals surface area contributed by atoms with Gasteiger partial charge < -0.3 is 9.84 Å². The van der Waals surface area contributed by atoms with Gasteiger partial charge in [-0.2, -0.15) is 0 Å². The van der Waals surface area contributed by atoms with E-state index in [0.29, 0.717) is 42.0 Å². The molecule has 0 bridgehead atoms. The summed E-state index contributed by atoms with van der Waals surface area (Å²) in [4.78, 5) is 38.2. The number of rotatable bonds is 10. The largest absolute Gasteiger partial charge is 0.494 e. The molecule has 1 aliphatic rings. The van der Waals surface area contributed by atoms with E-state index >= 15 is 0 Å². The maximum atomic E-state index is 12.9. The fourth-order valence-electron chi connectivity index (χ4n) is 4.41.